The van der Waals surface area contributed by atoms with E-state index >= 15 is 0 Å². The lowest BCUT2D eigenvalue weighted by atomic mass is 10.2. The van der Waals surface area contributed by atoms with Crippen molar-refractivity contribution in [3.63, 3.8) is 0 Å². The van der Waals surface area contributed by atoms with Crippen molar-refractivity contribution in [2.24, 2.45) is 0 Å². The second kappa shape index (κ2) is 14.2. The second-order valence-electron chi connectivity index (χ2n) is 5.97. The predicted octanol–water partition coefficient (Wildman–Crippen LogP) is 3.18. The Bertz CT molecular complexity index is 266. The van der Waals surface area contributed by atoms with Crippen LogP contribution in [0.2, 0.25) is 0 Å². The van der Waals surface area contributed by atoms with Crippen LogP contribution in [0.1, 0.15) is 46.5 Å². The third-order valence-electron chi connectivity index (χ3n) is 2.56. The molecule has 22 heavy (non-hydrogen) atoms. The zero-order chi connectivity index (χ0) is 16.7. The minimum Gasteiger partial charge on any atom is -0.458 e. The van der Waals surface area contributed by atoms with Gasteiger partial charge in [-0.2, -0.15) is 0 Å². The van der Waals surface area contributed by atoms with E-state index in [1.807, 2.05) is 20.8 Å². The predicted molar refractivity (Wildman–Crippen MR) is 87.5 cm³/mol. The van der Waals surface area contributed by atoms with Gasteiger partial charge in [0.2, 0.25) is 0 Å². The van der Waals surface area contributed by atoms with Crippen molar-refractivity contribution in [2.75, 3.05) is 45.5 Å². The first-order chi connectivity index (χ1) is 10.5. The Kier molecular flexibility index (Phi) is 14.0. The number of rotatable bonds is 14. The van der Waals surface area contributed by atoms with Crippen LogP contribution in [0.3, 0.4) is 0 Å². The molecule has 0 bridgehead atoms. The molecule has 0 aliphatic heterocycles. The standard InChI is InChI=1S/C16H31ClO5/c1-16(2,3)22-15(18)14-21-13-12-20-11-10-19-9-7-5-4-6-8-17/h4-14H2,1-3H3. The first-order valence-corrected chi connectivity index (χ1v) is 8.50. The van der Waals surface area contributed by atoms with E-state index in [-0.39, 0.29) is 12.6 Å². The van der Waals surface area contributed by atoms with Crippen molar-refractivity contribution >= 4 is 17.6 Å². The Hall–Kier alpha value is -0.360. The summed E-state index contributed by atoms with van der Waals surface area (Å²) in [6, 6.07) is 0. The van der Waals surface area contributed by atoms with Gasteiger partial charge < -0.3 is 18.9 Å². The molecular weight excluding hydrogens is 308 g/mol. The fourth-order valence-electron chi connectivity index (χ4n) is 1.62. The highest BCUT2D eigenvalue weighted by Crippen LogP contribution is 2.06. The summed E-state index contributed by atoms with van der Waals surface area (Å²) in [6.45, 7) is 8.14. The summed E-state index contributed by atoms with van der Waals surface area (Å²) in [4.78, 5) is 11.3. The topological polar surface area (TPSA) is 54.0 Å². The molecule has 0 saturated carbocycles. The van der Waals surface area contributed by atoms with Gasteiger partial charge in [-0.3, -0.25) is 0 Å². The Balaban J connectivity index is 3.16. The minimum atomic E-state index is -0.474. The highest BCUT2D eigenvalue weighted by molar-refractivity contribution is 6.17. The van der Waals surface area contributed by atoms with Crippen LogP contribution in [-0.2, 0) is 23.7 Å². The zero-order valence-electron chi connectivity index (χ0n) is 14.2. The number of esters is 1. The normalized spacial score (nSPS) is 11.6. The molecule has 0 rings (SSSR count). The van der Waals surface area contributed by atoms with Gasteiger partial charge in [-0.15, -0.1) is 11.6 Å². The van der Waals surface area contributed by atoms with Crippen LogP contribution in [0.25, 0.3) is 0 Å². The van der Waals surface area contributed by atoms with Crippen molar-refractivity contribution in [1.82, 2.24) is 0 Å². The average molecular weight is 339 g/mol. The smallest absolute Gasteiger partial charge is 0.332 e. The number of hydrogen-bond donors (Lipinski definition) is 0. The highest BCUT2D eigenvalue weighted by Gasteiger charge is 2.15. The molecule has 132 valence electrons. The quantitative estimate of drug-likeness (QED) is 0.276. The van der Waals surface area contributed by atoms with E-state index in [1.165, 1.54) is 6.42 Å². The molecule has 0 radical (unpaired) electrons. The molecular formula is C16H31ClO5. The van der Waals surface area contributed by atoms with E-state index in [4.69, 9.17) is 30.5 Å². The van der Waals surface area contributed by atoms with Gasteiger partial charge in [0, 0.05) is 12.5 Å². The summed E-state index contributed by atoms with van der Waals surface area (Å²) in [7, 11) is 0. The lowest BCUT2D eigenvalue weighted by Crippen LogP contribution is -2.27. The van der Waals surface area contributed by atoms with Crippen molar-refractivity contribution in [2.45, 2.75) is 52.1 Å². The van der Waals surface area contributed by atoms with Gasteiger partial charge in [0.05, 0.1) is 26.4 Å². The molecule has 0 unspecified atom stereocenters. The molecule has 0 N–H and O–H groups in total. The maximum Gasteiger partial charge on any atom is 0.332 e. The molecule has 0 heterocycles. The molecule has 6 heteroatoms. The fraction of sp³-hybridized carbons (Fsp3) is 0.938. The number of ether oxygens (including phenoxy) is 4. The van der Waals surface area contributed by atoms with E-state index in [2.05, 4.69) is 0 Å². The fourth-order valence-corrected chi connectivity index (χ4v) is 1.81. The number of carbonyl (C=O) groups excluding carboxylic acids is 1. The minimum absolute atomic E-state index is 0.0422. The molecule has 0 aliphatic carbocycles. The average Bonchev–Trinajstić information content (AvgIpc) is 2.42. The van der Waals surface area contributed by atoms with Crippen LogP contribution >= 0.6 is 11.6 Å². The number of alkyl halides is 1. The van der Waals surface area contributed by atoms with Gasteiger partial charge in [0.15, 0.2) is 0 Å². The van der Waals surface area contributed by atoms with Crippen molar-refractivity contribution in [3.05, 3.63) is 0 Å². The zero-order valence-corrected chi connectivity index (χ0v) is 15.0. The molecule has 0 atom stereocenters. The largest absolute Gasteiger partial charge is 0.458 e. The van der Waals surface area contributed by atoms with E-state index in [1.54, 1.807) is 0 Å². The van der Waals surface area contributed by atoms with Gasteiger partial charge in [0.1, 0.15) is 12.2 Å². The van der Waals surface area contributed by atoms with Crippen LogP contribution in [0.15, 0.2) is 0 Å². The van der Waals surface area contributed by atoms with Crippen LogP contribution in [-0.4, -0.2) is 57.1 Å². The van der Waals surface area contributed by atoms with Gasteiger partial charge in [-0.05, 0) is 33.6 Å². The third-order valence-corrected chi connectivity index (χ3v) is 2.82. The van der Waals surface area contributed by atoms with Crippen LogP contribution in [0, 0.1) is 0 Å². The molecule has 0 spiro atoms. The number of hydrogen-bond acceptors (Lipinski definition) is 5. The summed E-state index contributed by atoms with van der Waals surface area (Å²) in [5, 5.41) is 0. The Labute approximate surface area is 139 Å². The summed E-state index contributed by atoms with van der Waals surface area (Å²) in [5.74, 6) is 0.384. The monoisotopic (exact) mass is 338 g/mol. The molecule has 0 aromatic carbocycles. The Morgan fingerprint density at radius 1 is 0.818 bits per heavy atom. The maximum absolute atomic E-state index is 11.3. The van der Waals surface area contributed by atoms with E-state index < -0.39 is 5.60 Å². The first-order valence-electron chi connectivity index (χ1n) is 7.97. The second-order valence-corrected chi connectivity index (χ2v) is 6.34. The highest BCUT2D eigenvalue weighted by atomic mass is 35.5. The number of halogens is 1. The lowest BCUT2D eigenvalue weighted by Gasteiger charge is -2.19. The Morgan fingerprint density at radius 3 is 1.95 bits per heavy atom. The van der Waals surface area contributed by atoms with Crippen LogP contribution in [0.5, 0.6) is 0 Å². The van der Waals surface area contributed by atoms with Gasteiger partial charge in [-0.25, -0.2) is 4.79 Å². The lowest BCUT2D eigenvalue weighted by molar-refractivity contribution is -0.160. The molecule has 0 amide bonds. The summed E-state index contributed by atoms with van der Waals surface area (Å²) >= 11 is 5.60. The molecule has 0 saturated heterocycles. The summed E-state index contributed by atoms with van der Waals surface area (Å²) < 4.78 is 21.1. The SMILES string of the molecule is CC(C)(C)OC(=O)COCCOCCOCCCCCCCl. The van der Waals surface area contributed by atoms with E-state index in [0.29, 0.717) is 26.4 Å². The van der Waals surface area contributed by atoms with Crippen LogP contribution in [0.4, 0.5) is 0 Å². The Morgan fingerprint density at radius 2 is 1.36 bits per heavy atom. The molecule has 0 aliphatic rings. The van der Waals surface area contributed by atoms with Crippen LogP contribution < -0.4 is 0 Å². The maximum atomic E-state index is 11.3. The van der Waals surface area contributed by atoms with Crippen molar-refractivity contribution in [3.8, 4) is 0 Å². The van der Waals surface area contributed by atoms with Gasteiger partial charge in [0.25, 0.3) is 0 Å². The van der Waals surface area contributed by atoms with Crippen molar-refractivity contribution < 1.29 is 23.7 Å². The molecule has 0 aromatic rings. The third kappa shape index (κ3) is 17.7. The van der Waals surface area contributed by atoms with Gasteiger partial charge in [-0.1, -0.05) is 12.8 Å². The summed E-state index contributed by atoms with van der Waals surface area (Å²) in [5.41, 5.74) is -0.474. The molecule has 0 aromatic heterocycles. The number of unbranched alkanes of at least 4 members (excludes halogenated alkanes) is 3. The first kappa shape index (κ1) is 21.6. The number of carbonyl (C=O) groups is 1. The van der Waals surface area contributed by atoms with E-state index in [9.17, 15) is 4.79 Å². The van der Waals surface area contributed by atoms with E-state index in [0.717, 1.165) is 31.7 Å². The summed E-state index contributed by atoms with van der Waals surface area (Å²) in [6.07, 6.45) is 4.47. The van der Waals surface area contributed by atoms with Gasteiger partial charge >= 0.3 is 5.97 Å². The molecule has 0 fully saturated rings. The van der Waals surface area contributed by atoms with Crippen molar-refractivity contribution in [1.29, 1.82) is 0 Å². The molecule has 5 nitrogen and oxygen atoms in total.